The van der Waals surface area contributed by atoms with Gasteiger partial charge in [-0.05, 0) is 18.6 Å². The van der Waals surface area contributed by atoms with Crippen LogP contribution in [0.25, 0.3) is 0 Å². The molecule has 0 bridgehead atoms. The zero-order chi connectivity index (χ0) is 7.11. The number of hydrogen-bond donors (Lipinski definition) is 0. The lowest BCUT2D eigenvalue weighted by Gasteiger charge is -1.84. The van der Waals surface area contributed by atoms with Gasteiger partial charge in [-0.25, -0.2) is 0 Å². The Bertz CT molecular complexity index is 125. The van der Waals surface area contributed by atoms with Crippen LogP contribution in [0.5, 0.6) is 0 Å². The third-order valence-corrected chi connectivity index (χ3v) is 0.857. The van der Waals surface area contributed by atoms with Crippen LogP contribution in [0.3, 0.4) is 0 Å². The molecule has 0 aliphatic heterocycles. The molecule has 0 aromatic carbocycles. The molecule has 2 heteroatoms. The highest BCUT2D eigenvalue weighted by Crippen LogP contribution is 1.88. The van der Waals surface area contributed by atoms with Gasteiger partial charge in [-0.15, -0.1) is 0 Å². The van der Waals surface area contributed by atoms with E-state index in [0.717, 1.165) is 6.42 Å². The second-order valence-electron chi connectivity index (χ2n) is 1.71. The Morgan fingerprint density at radius 3 is 2.67 bits per heavy atom. The number of hydrogen-bond acceptors (Lipinski definition) is 2. The van der Waals surface area contributed by atoms with Gasteiger partial charge in [0.1, 0.15) is 6.29 Å². The molecule has 0 unspecified atom stereocenters. The van der Waals surface area contributed by atoms with Gasteiger partial charge in [0.15, 0.2) is 5.78 Å². The summed E-state index contributed by atoms with van der Waals surface area (Å²) in [6, 6.07) is 0. The summed E-state index contributed by atoms with van der Waals surface area (Å²) in [7, 11) is 0. The molecule has 0 aliphatic carbocycles. The summed E-state index contributed by atoms with van der Waals surface area (Å²) in [5.74, 6) is 0.0181. The Kier molecular flexibility index (Phi) is 4.69. The fourth-order valence-electron chi connectivity index (χ4n) is 0.476. The molecule has 0 rings (SSSR count). The second-order valence-corrected chi connectivity index (χ2v) is 1.71. The first-order chi connectivity index (χ1) is 4.31. The highest BCUT2D eigenvalue weighted by Gasteiger charge is 1.90. The minimum Gasteiger partial charge on any atom is -0.299 e. The first-order valence-corrected chi connectivity index (χ1v) is 2.96. The van der Waals surface area contributed by atoms with E-state index in [4.69, 9.17) is 0 Å². The maximum Gasteiger partial charge on any atom is 0.155 e. The number of allylic oxidation sites excluding steroid dienone is 2. The van der Waals surface area contributed by atoms with E-state index in [-0.39, 0.29) is 5.78 Å². The largest absolute Gasteiger partial charge is 0.299 e. The topological polar surface area (TPSA) is 34.1 Å². The molecule has 0 saturated heterocycles. The van der Waals surface area contributed by atoms with Crippen LogP contribution < -0.4 is 0 Å². The second kappa shape index (κ2) is 5.22. The van der Waals surface area contributed by atoms with Crippen LogP contribution in [0, 0.1) is 0 Å². The lowest BCUT2D eigenvalue weighted by atomic mass is 10.2. The molecule has 0 fully saturated rings. The van der Waals surface area contributed by atoms with Crippen molar-refractivity contribution >= 4 is 12.1 Å². The molecule has 0 heterocycles. The predicted octanol–water partition coefficient (Wildman–Crippen LogP) is 1.11. The summed E-state index contributed by atoms with van der Waals surface area (Å²) >= 11 is 0. The fourth-order valence-corrected chi connectivity index (χ4v) is 0.476. The van der Waals surface area contributed by atoms with E-state index in [1.807, 2.05) is 6.92 Å². The summed E-state index contributed by atoms with van der Waals surface area (Å²) in [4.78, 5) is 20.2. The van der Waals surface area contributed by atoms with Crippen LogP contribution in [0.4, 0.5) is 0 Å². The standard InChI is InChI=1S/C7H10O2/c1-2-4-7(9)5-3-6-8/h3,5-6H,2,4H2,1H3/b5-3+. The van der Waals surface area contributed by atoms with Crippen LogP contribution in [-0.4, -0.2) is 12.1 Å². The van der Waals surface area contributed by atoms with E-state index in [1.165, 1.54) is 12.2 Å². The molecule has 0 aromatic rings. The van der Waals surface area contributed by atoms with Gasteiger partial charge < -0.3 is 0 Å². The van der Waals surface area contributed by atoms with Crippen LogP contribution >= 0.6 is 0 Å². The minimum absolute atomic E-state index is 0.0181. The highest BCUT2D eigenvalue weighted by molar-refractivity contribution is 5.92. The number of aldehydes is 1. The Morgan fingerprint density at radius 1 is 1.56 bits per heavy atom. The molecule has 0 radical (unpaired) electrons. The first kappa shape index (κ1) is 8.08. The number of carbonyl (C=O) groups is 2. The third kappa shape index (κ3) is 4.94. The summed E-state index contributed by atoms with van der Waals surface area (Å²) in [5, 5.41) is 0. The van der Waals surface area contributed by atoms with E-state index in [2.05, 4.69) is 0 Å². The Labute approximate surface area is 54.6 Å². The smallest absolute Gasteiger partial charge is 0.155 e. The molecule has 9 heavy (non-hydrogen) atoms. The number of ketones is 1. The summed E-state index contributed by atoms with van der Waals surface area (Å²) < 4.78 is 0. The Morgan fingerprint density at radius 2 is 2.22 bits per heavy atom. The average Bonchev–Trinajstić information content (AvgIpc) is 1.85. The van der Waals surface area contributed by atoms with Gasteiger partial charge in [0.25, 0.3) is 0 Å². The quantitative estimate of drug-likeness (QED) is 0.417. The molecule has 0 saturated carbocycles. The zero-order valence-corrected chi connectivity index (χ0v) is 5.46. The Balaban J connectivity index is 3.49. The molecule has 0 amide bonds. The van der Waals surface area contributed by atoms with E-state index in [9.17, 15) is 9.59 Å². The predicted molar refractivity (Wildman–Crippen MR) is 35.1 cm³/mol. The molecule has 0 N–H and O–H groups in total. The van der Waals surface area contributed by atoms with Crippen molar-refractivity contribution in [2.75, 3.05) is 0 Å². The van der Waals surface area contributed by atoms with Gasteiger partial charge in [0.2, 0.25) is 0 Å². The monoisotopic (exact) mass is 126 g/mol. The molecule has 0 aliphatic rings. The molecule has 0 spiro atoms. The van der Waals surface area contributed by atoms with Gasteiger partial charge in [0.05, 0.1) is 0 Å². The van der Waals surface area contributed by atoms with Crippen molar-refractivity contribution in [3.63, 3.8) is 0 Å². The molecule has 2 nitrogen and oxygen atoms in total. The van der Waals surface area contributed by atoms with E-state index < -0.39 is 0 Å². The zero-order valence-electron chi connectivity index (χ0n) is 5.46. The fraction of sp³-hybridized carbons (Fsp3) is 0.429. The van der Waals surface area contributed by atoms with Crippen molar-refractivity contribution in [2.45, 2.75) is 19.8 Å². The molecular formula is C7H10O2. The van der Waals surface area contributed by atoms with Crippen LogP contribution in [-0.2, 0) is 9.59 Å². The SMILES string of the molecule is CCCC(=O)/C=C/C=O. The summed E-state index contributed by atoms with van der Waals surface area (Å²) in [6.45, 7) is 1.92. The average molecular weight is 126 g/mol. The van der Waals surface area contributed by atoms with Crippen molar-refractivity contribution in [1.29, 1.82) is 0 Å². The Hall–Kier alpha value is -0.920. The van der Waals surface area contributed by atoms with Gasteiger partial charge >= 0.3 is 0 Å². The van der Waals surface area contributed by atoms with Crippen LogP contribution in [0.1, 0.15) is 19.8 Å². The first-order valence-electron chi connectivity index (χ1n) is 2.96. The molecule has 0 atom stereocenters. The van der Waals surface area contributed by atoms with E-state index in [1.54, 1.807) is 0 Å². The maximum absolute atomic E-state index is 10.6. The lowest BCUT2D eigenvalue weighted by Crippen LogP contribution is -1.89. The van der Waals surface area contributed by atoms with Crippen molar-refractivity contribution in [3.05, 3.63) is 12.2 Å². The van der Waals surface area contributed by atoms with Crippen LogP contribution in [0.15, 0.2) is 12.2 Å². The van der Waals surface area contributed by atoms with Gasteiger partial charge in [-0.2, -0.15) is 0 Å². The van der Waals surface area contributed by atoms with Crippen molar-refractivity contribution in [3.8, 4) is 0 Å². The number of rotatable bonds is 4. The van der Waals surface area contributed by atoms with Crippen molar-refractivity contribution < 1.29 is 9.59 Å². The van der Waals surface area contributed by atoms with Crippen LogP contribution in [0.2, 0.25) is 0 Å². The highest BCUT2D eigenvalue weighted by atomic mass is 16.1. The summed E-state index contributed by atoms with van der Waals surface area (Å²) in [5.41, 5.74) is 0. The van der Waals surface area contributed by atoms with Gasteiger partial charge in [-0.3, -0.25) is 9.59 Å². The van der Waals surface area contributed by atoms with Crippen molar-refractivity contribution in [2.24, 2.45) is 0 Å². The lowest BCUT2D eigenvalue weighted by molar-refractivity contribution is -0.115. The maximum atomic E-state index is 10.6. The van der Waals surface area contributed by atoms with Gasteiger partial charge in [-0.1, -0.05) is 6.92 Å². The third-order valence-electron chi connectivity index (χ3n) is 0.857. The molecule has 50 valence electrons. The normalized spacial score (nSPS) is 9.89. The summed E-state index contributed by atoms with van der Waals surface area (Å²) in [6.07, 6.45) is 4.49. The molecule has 0 aromatic heterocycles. The van der Waals surface area contributed by atoms with E-state index in [0.29, 0.717) is 12.7 Å². The number of carbonyl (C=O) groups excluding carboxylic acids is 2. The van der Waals surface area contributed by atoms with Crippen molar-refractivity contribution in [1.82, 2.24) is 0 Å². The van der Waals surface area contributed by atoms with E-state index >= 15 is 0 Å². The molecular weight excluding hydrogens is 116 g/mol. The minimum atomic E-state index is 0.0181. The van der Waals surface area contributed by atoms with Gasteiger partial charge in [0, 0.05) is 6.42 Å².